The lowest BCUT2D eigenvalue weighted by Gasteiger charge is -2.35. The number of benzene rings is 2. The number of carbonyl (C=O) groups is 1. The van der Waals surface area contributed by atoms with E-state index < -0.39 is 15.8 Å². The first kappa shape index (κ1) is 22.7. The molecule has 2 aromatic rings. The van der Waals surface area contributed by atoms with Gasteiger partial charge < -0.3 is 9.80 Å². The van der Waals surface area contributed by atoms with Crippen LogP contribution in [0, 0.1) is 5.82 Å². The summed E-state index contributed by atoms with van der Waals surface area (Å²) in [4.78, 5) is 16.8. The molecule has 2 aromatic carbocycles. The first-order valence-corrected chi connectivity index (χ1v) is 11.6. The molecular weight excluding hydrogens is 429 g/mol. The van der Waals surface area contributed by atoms with E-state index in [2.05, 4.69) is 11.8 Å². The molecule has 6 nitrogen and oxygen atoms in total. The van der Waals surface area contributed by atoms with Crippen molar-refractivity contribution >= 4 is 27.5 Å². The normalized spacial score (nSPS) is 15.5. The third-order valence-corrected chi connectivity index (χ3v) is 7.30. The van der Waals surface area contributed by atoms with E-state index in [4.69, 9.17) is 11.6 Å². The van der Waals surface area contributed by atoms with Crippen LogP contribution in [0.1, 0.15) is 12.5 Å². The second-order valence-electron chi connectivity index (χ2n) is 7.13. The molecule has 0 atom stereocenters. The fraction of sp³-hybridized carbons (Fsp3) is 0.381. The van der Waals surface area contributed by atoms with E-state index in [0.29, 0.717) is 18.1 Å². The van der Waals surface area contributed by atoms with E-state index in [1.54, 1.807) is 11.0 Å². The van der Waals surface area contributed by atoms with Crippen molar-refractivity contribution in [1.29, 1.82) is 0 Å². The van der Waals surface area contributed by atoms with Crippen molar-refractivity contribution in [2.45, 2.75) is 18.4 Å². The summed E-state index contributed by atoms with van der Waals surface area (Å²) >= 11 is 5.88. The molecule has 0 N–H and O–H groups in total. The van der Waals surface area contributed by atoms with Crippen LogP contribution in [-0.2, 0) is 21.4 Å². The van der Waals surface area contributed by atoms with Gasteiger partial charge in [0.2, 0.25) is 15.9 Å². The van der Waals surface area contributed by atoms with Crippen LogP contribution in [0.25, 0.3) is 0 Å². The second kappa shape index (κ2) is 9.87. The summed E-state index contributed by atoms with van der Waals surface area (Å²) in [5.41, 5.74) is 0.207. The number of amides is 1. The van der Waals surface area contributed by atoms with Crippen molar-refractivity contribution in [2.24, 2.45) is 0 Å². The Morgan fingerprint density at radius 3 is 2.30 bits per heavy atom. The fourth-order valence-corrected chi connectivity index (χ4v) is 4.86. The Balaban J connectivity index is 1.85. The Labute approximate surface area is 181 Å². The quantitative estimate of drug-likeness (QED) is 0.646. The molecule has 1 fully saturated rings. The minimum Gasteiger partial charge on any atom is -0.339 e. The molecule has 0 spiro atoms. The summed E-state index contributed by atoms with van der Waals surface area (Å²) in [6.07, 6.45) is 0. The Bertz CT molecular complexity index is 977. The van der Waals surface area contributed by atoms with E-state index in [1.807, 2.05) is 0 Å². The molecule has 3 rings (SSSR count). The molecule has 30 heavy (non-hydrogen) atoms. The predicted molar refractivity (Wildman–Crippen MR) is 114 cm³/mol. The van der Waals surface area contributed by atoms with Crippen LogP contribution in [0.2, 0.25) is 5.02 Å². The lowest BCUT2D eigenvalue weighted by molar-refractivity contribution is -0.133. The number of likely N-dealkylation sites (N-methyl/N-ethyl adjacent to an activating group) is 1. The molecule has 1 aliphatic rings. The summed E-state index contributed by atoms with van der Waals surface area (Å²) in [5.74, 6) is -0.808. The highest BCUT2D eigenvalue weighted by Crippen LogP contribution is 2.22. The van der Waals surface area contributed by atoms with Crippen molar-refractivity contribution in [2.75, 3.05) is 39.3 Å². The highest BCUT2D eigenvalue weighted by molar-refractivity contribution is 7.89. The number of hydrogen-bond acceptors (Lipinski definition) is 4. The van der Waals surface area contributed by atoms with E-state index in [0.717, 1.165) is 23.9 Å². The Kier molecular flexibility index (Phi) is 7.46. The van der Waals surface area contributed by atoms with Gasteiger partial charge in [0.25, 0.3) is 0 Å². The molecule has 1 heterocycles. The van der Waals surface area contributed by atoms with Crippen molar-refractivity contribution < 1.29 is 17.6 Å². The second-order valence-corrected chi connectivity index (χ2v) is 9.51. The molecular formula is C21H25ClFN3O3S. The maximum absolute atomic E-state index is 14.2. The highest BCUT2D eigenvalue weighted by Gasteiger charge is 2.30. The van der Waals surface area contributed by atoms with E-state index >= 15 is 0 Å². The van der Waals surface area contributed by atoms with E-state index in [9.17, 15) is 17.6 Å². The summed E-state index contributed by atoms with van der Waals surface area (Å²) in [6, 6.07) is 11.7. The maximum Gasteiger partial charge on any atom is 0.243 e. The van der Waals surface area contributed by atoms with Gasteiger partial charge in [-0.3, -0.25) is 4.79 Å². The van der Waals surface area contributed by atoms with Gasteiger partial charge in [-0.15, -0.1) is 0 Å². The van der Waals surface area contributed by atoms with Crippen LogP contribution in [0.4, 0.5) is 4.39 Å². The van der Waals surface area contributed by atoms with Gasteiger partial charge in [-0.1, -0.05) is 36.7 Å². The zero-order chi connectivity index (χ0) is 21.7. The van der Waals surface area contributed by atoms with Crippen molar-refractivity contribution in [3.63, 3.8) is 0 Å². The number of nitrogens with zero attached hydrogens (tertiary/aromatic N) is 3. The number of rotatable bonds is 7. The van der Waals surface area contributed by atoms with Gasteiger partial charge in [0.15, 0.2) is 0 Å². The largest absolute Gasteiger partial charge is 0.339 e. The molecule has 9 heteroatoms. The lowest BCUT2D eigenvalue weighted by Crippen LogP contribution is -2.51. The van der Waals surface area contributed by atoms with Crippen LogP contribution in [0.3, 0.4) is 0 Å². The minimum absolute atomic E-state index is 0.00633. The summed E-state index contributed by atoms with van der Waals surface area (Å²) < 4.78 is 41.8. The van der Waals surface area contributed by atoms with Gasteiger partial charge in [-0.2, -0.15) is 4.31 Å². The molecule has 0 aliphatic carbocycles. The van der Waals surface area contributed by atoms with Crippen LogP contribution in [-0.4, -0.2) is 67.7 Å². The number of piperazine rings is 1. The molecule has 0 saturated carbocycles. The SMILES string of the molecule is CCN1CCN(C(=O)CN(Cc2ccccc2F)S(=O)(=O)c2ccc(Cl)cc2)CC1. The third kappa shape index (κ3) is 5.37. The molecule has 162 valence electrons. The van der Waals surface area contributed by atoms with Gasteiger partial charge in [-0.25, -0.2) is 12.8 Å². The average molecular weight is 454 g/mol. The first-order valence-electron chi connectivity index (χ1n) is 9.80. The number of hydrogen-bond donors (Lipinski definition) is 0. The van der Waals surface area contributed by atoms with Crippen molar-refractivity contribution in [3.05, 3.63) is 64.9 Å². The Hall–Kier alpha value is -2.00. The zero-order valence-electron chi connectivity index (χ0n) is 16.8. The maximum atomic E-state index is 14.2. The number of halogens is 2. The van der Waals surface area contributed by atoms with Crippen LogP contribution >= 0.6 is 11.6 Å². The highest BCUT2D eigenvalue weighted by atomic mass is 35.5. The molecule has 0 aromatic heterocycles. The predicted octanol–water partition coefficient (Wildman–Crippen LogP) is 2.83. The Morgan fingerprint density at radius 1 is 1.07 bits per heavy atom. The fourth-order valence-electron chi connectivity index (χ4n) is 3.36. The van der Waals surface area contributed by atoms with Gasteiger partial charge in [0.1, 0.15) is 5.82 Å². The molecule has 1 saturated heterocycles. The van der Waals surface area contributed by atoms with Crippen LogP contribution < -0.4 is 0 Å². The van der Waals surface area contributed by atoms with Gasteiger partial charge in [0.05, 0.1) is 11.4 Å². The van der Waals surface area contributed by atoms with E-state index in [-0.39, 0.29) is 29.5 Å². The molecule has 0 radical (unpaired) electrons. The van der Waals surface area contributed by atoms with Crippen LogP contribution in [0.5, 0.6) is 0 Å². The first-order chi connectivity index (χ1) is 14.3. The molecule has 1 amide bonds. The standard InChI is InChI=1S/C21H25ClFN3O3S/c1-2-24-11-13-25(14-12-24)21(27)16-26(15-17-5-3-4-6-20(17)23)30(28,29)19-9-7-18(22)8-10-19/h3-10H,2,11-16H2,1H3. The van der Waals surface area contributed by atoms with Crippen LogP contribution in [0.15, 0.2) is 53.4 Å². The molecule has 0 unspecified atom stereocenters. The van der Waals surface area contributed by atoms with Gasteiger partial charge in [0, 0.05) is 43.3 Å². The monoisotopic (exact) mass is 453 g/mol. The minimum atomic E-state index is -4.03. The molecule has 1 aliphatic heterocycles. The summed E-state index contributed by atoms with van der Waals surface area (Å²) in [5, 5.41) is 0.402. The lowest BCUT2D eigenvalue weighted by atomic mass is 10.2. The number of carbonyl (C=O) groups excluding carboxylic acids is 1. The van der Waals surface area contributed by atoms with E-state index in [1.165, 1.54) is 42.5 Å². The smallest absolute Gasteiger partial charge is 0.243 e. The number of sulfonamides is 1. The molecule has 0 bridgehead atoms. The summed E-state index contributed by atoms with van der Waals surface area (Å²) in [6.45, 7) is 4.96. The zero-order valence-corrected chi connectivity index (χ0v) is 18.4. The van der Waals surface area contributed by atoms with Gasteiger partial charge in [-0.05, 0) is 36.9 Å². The Morgan fingerprint density at radius 2 is 1.70 bits per heavy atom. The topological polar surface area (TPSA) is 60.9 Å². The summed E-state index contributed by atoms with van der Waals surface area (Å²) in [7, 11) is -4.03. The third-order valence-electron chi connectivity index (χ3n) is 5.24. The van der Waals surface area contributed by atoms with Crippen molar-refractivity contribution in [1.82, 2.24) is 14.1 Å². The average Bonchev–Trinajstić information content (AvgIpc) is 2.75. The van der Waals surface area contributed by atoms with Gasteiger partial charge >= 0.3 is 0 Å². The van der Waals surface area contributed by atoms with Crippen molar-refractivity contribution in [3.8, 4) is 0 Å².